The van der Waals surface area contributed by atoms with E-state index in [1.165, 1.54) is 24.1 Å². The van der Waals surface area contributed by atoms with Gasteiger partial charge in [-0.15, -0.1) is 12.4 Å². The zero-order chi connectivity index (χ0) is 12.5. The highest BCUT2D eigenvalue weighted by molar-refractivity contribution is 5.85. The van der Waals surface area contributed by atoms with E-state index >= 15 is 0 Å². The number of nitrogens with zero attached hydrogens (tertiary/aromatic N) is 2. The lowest BCUT2D eigenvalue weighted by Gasteiger charge is -2.34. The van der Waals surface area contributed by atoms with Crippen LogP contribution >= 0.6 is 12.4 Å². The number of anilines is 2. The Kier molecular flexibility index (Phi) is 6.98. The summed E-state index contributed by atoms with van der Waals surface area (Å²) >= 11 is 0. The molecule has 3 nitrogen and oxygen atoms in total. The van der Waals surface area contributed by atoms with Crippen LogP contribution in [0.4, 0.5) is 11.4 Å². The van der Waals surface area contributed by atoms with Gasteiger partial charge in [0, 0.05) is 17.9 Å². The molecule has 5 heteroatoms. The lowest BCUT2D eigenvalue weighted by molar-refractivity contribution is -0.868. The molecule has 1 heterocycles. The van der Waals surface area contributed by atoms with Gasteiger partial charge in [0.05, 0.1) is 34.2 Å². The highest BCUT2D eigenvalue weighted by Gasteiger charge is 2.19. The van der Waals surface area contributed by atoms with Gasteiger partial charge in [-0.05, 0) is 30.5 Å². The fourth-order valence-corrected chi connectivity index (χ4v) is 2.32. The molecule has 0 unspecified atom stereocenters. The number of hydrogen-bond acceptors (Lipinski definition) is 2. The second-order valence-corrected chi connectivity index (χ2v) is 5.99. The van der Waals surface area contributed by atoms with Crippen LogP contribution in [-0.4, -0.2) is 45.3 Å². The number of hydrogen-bond donors (Lipinski definition) is 1. The molecule has 1 aromatic carbocycles. The standard InChI is InChI=1S/C14H24N3.2ClH/c1-17(2,3)10-9-16-8-4-5-12-6-7-13(15)11-14(12)16;;/h6-7,11H,4-5,8-10,15H2,1-3H3;2*1H/q+1;;/p-1. The molecular formula is C14H25Cl2N3. The van der Waals surface area contributed by atoms with Gasteiger partial charge in [-0.3, -0.25) is 0 Å². The van der Waals surface area contributed by atoms with E-state index in [1.807, 2.05) is 6.07 Å². The smallest absolute Gasteiger partial charge is 0.0958 e. The largest absolute Gasteiger partial charge is 1.00 e. The minimum atomic E-state index is 0. The van der Waals surface area contributed by atoms with Gasteiger partial charge in [0.25, 0.3) is 0 Å². The molecule has 0 aliphatic carbocycles. The minimum absolute atomic E-state index is 0. The molecule has 2 rings (SSSR count). The molecule has 1 aromatic rings. The molecule has 0 radical (unpaired) electrons. The number of fused-ring (bicyclic) bond motifs is 1. The highest BCUT2D eigenvalue weighted by Crippen LogP contribution is 2.28. The van der Waals surface area contributed by atoms with E-state index in [9.17, 15) is 0 Å². The van der Waals surface area contributed by atoms with Crippen LogP contribution in [0.2, 0.25) is 0 Å². The number of quaternary nitrogens is 1. The Hall–Kier alpha value is -0.640. The fourth-order valence-electron chi connectivity index (χ4n) is 2.32. The van der Waals surface area contributed by atoms with Crippen LogP contribution in [-0.2, 0) is 6.42 Å². The summed E-state index contributed by atoms with van der Waals surface area (Å²) in [6.07, 6.45) is 2.45. The molecule has 110 valence electrons. The Morgan fingerprint density at radius 1 is 1.26 bits per heavy atom. The van der Waals surface area contributed by atoms with Crippen molar-refractivity contribution in [2.24, 2.45) is 0 Å². The molecule has 0 saturated heterocycles. The molecule has 2 N–H and O–H groups in total. The second kappa shape index (κ2) is 7.22. The van der Waals surface area contributed by atoms with Crippen molar-refractivity contribution in [2.45, 2.75) is 12.8 Å². The fraction of sp³-hybridized carbons (Fsp3) is 0.571. The number of nitrogen functional groups attached to an aromatic ring is 1. The lowest BCUT2D eigenvalue weighted by atomic mass is 10.0. The maximum atomic E-state index is 5.90. The molecule has 0 saturated carbocycles. The van der Waals surface area contributed by atoms with Crippen molar-refractivity contribution < 1.29 is 16.9 Å². The zero-order valence-corrected chi connectivity index (χ0v) is 13.6. The van der Waals surface area contributed by atoms with Gasteiger partial charge in [-0.2, -0.15) is 0 Å². The average Bonchev–Trinajstić information content (AvgIpc) is 2.25. The van der Waals surface area contributed by atoms with Crippen LogP contribution in [0.3, 0.4) is 0 Å². The van der Waals surface area contributed by atoms with Gasteiger partial charge in [-0.1, -0.05) is 6.07 Å². The van der Waals surface area contributed by atoms with Crippen LogP contribution in [0, 0.1) is 0 Å². The maximum Gasteiger partial charge on any atom is 0.0958 e. The van der Waals surface area contributed by atoms with Gasteiger partial charge in [0.1, 0.15) is 0 Å². The van der Waals surface area contributed by atoms with Crippen LogP contribution in [0.15, 0.2) is 18.2 Å². The van der Waals surface area contributed by atoms with Gasteiger partial charge in [0.15, 0.2) is 0 Å². The minimum Gasteiger partial charge on any atom is -1.00 e. The van der Waals surface area contributed by atoms with Crippen LogP contribution < -0.4 is 23.0 Å². The lowest BCUT2D eigenvalue weighted by Crippen LogP contribution is -3.00. The topological polar surface area (TPSA) is 29.3 Å². The zero-order valence-electron chi connectivity index (χ0n) is 12.0. The van der Waals surface area contributed by atoms with Crippen molar-refractivity contribution in [1.82, 2.24) is 0 Å². The normalized spacial score (nSPS) is 14.2. The molecule has 1 aliphatic rings. The van der Waals surface area contributed by atoms with E-state index in [1.54, 1.807) is 0 Å². The van der Waals surface area contributed by atoms with E-state index in [4.69, 9.17) is 5.73 Å². The first-order valence-corrected chi connectivity index (χ1v) is 6.39. The van der Waals surface area contributed by atoms with Crippen molar-refractivity contribution in [3.05, 3.63) is 23.8 Å². The van der Waals surface area contributed by atoms with E-state index < -0.39 is 0 Å². The first-order valence-electron chi connectivity index (χ1n) is 6.39. The molecule has 1 aliphatic heterocycles. The van der Waals surface area contributed by atoms with Crippen molar-refractivity contribution in [2.75, 3.05) is 51.4 Å². The molecule has 19 heavy (non-hydrogen) atoms. The van der Waals surface area contributed by atoms with Crippen molar-refractivity contribution in [3.63, 3.8) is 0 Å². The quantitative estimate of drug-likeness (QED) is 0.582. The third-order valence-electron chi connectivity index (χ3n) is 3.36. The molecule has 0 fully saturated rings. The summed E-state index contributed by atoms with van der Waals surface area (Å²) in [6, 6.07) is 6.33. The van der Waals surface area contributed by atoms with Gasteiger partial charge < -0.3 is 27.5 Å². The Morgan fingerprint density at radius 2 is 1.95 bits per heavy atom. The summed E-state index contributed by atoms with van der Waals surface area (Å²) in [5, 5.41) is 0. The number of benzene rings is 1. The Bertz CT molecular complexity index is 402. The first-order chi connectivity index (χ1) is 7.96. The Morgan fingerprint density at radius 3 is 2.58 bits per heavy atom. The van der Waals surface area contributed by atoms with Gasteiger partial charge >= 0.3 is 0 Å². The molecule has 0 bridgehead atoms. The summed E-state index contributed by atoms with van der Waals surface area (Å²) in [4.78, 5) is 2.48. The number of aryl methyl sites for hydroxylation is 1. The number of rotatable bonds is 3. The summed E-state index contributed by atoms with van der Waals surface area (Å²) in [6.45, 7) is 3.44. The first kappa shape index (κ1) is 18.4. The summed E-state index contributed by atoms with van der Waals surface area (Å²) in [7, 11) is 6.72. The monoisotopic (exact) mass is 305 g/mol. The third-order valence-corrected chi connectivity index (χ3v) is 3.36. The van der Waals surface area contributed by atoms with Crippen LogP contribution in [0.1, 0.15) is 12.0 Å². The summed E-state index contributed by atoms with van der Waals surface area (Å²) in [5.74, 6) is 0. The predicted octanol–water partition coefficient (Wildman–Crippen LogP) is -0.847. The summed E-state index contributed by atoms with van der Waals surface area (Å²) < 4.78 is 1.01. The third kappa shape index (κ3) is 5.09. The second-order valence-electron chi connectivity index (χ2n) is 5.99. The molecule has 0 aromatic heterocycles. The van der Waals surface area contributed by atoms with E-state index in [-0.39, 0.29) is 24.8 Å². The molecule has 0 amide bonds. The molecule has 0 atom stereocenters. The van der Waals surface area contributed by atoms with Crippen molar-refractivity contribution in [1.29, 1.82) is 0 Å². The maximum absolute atomic E-state index is 5.90. The van der Waals surface area contributed by atoms with E-state index in [2.05, 4.69) is 38.2 Å². The van der Waals surface area contributed by atoms with Crippen LogP contribution in [0.5, 0.6) is 0 Å². The summed E-state index contributed by atoms with van der Waals surface area (Å²) in [5.41, 5.74) is 9.57. The van der Waals surface area contributed by atoms with Gasteiger partial charge in [-0.25, -0.2) is 0 Å². The van der Waals surface area contributed by atoms with E-state index in [0.717, 1.165) is 29.8 Å². The van der Waals surface area contributed by atoms with Crippen molar-refractivity contribution in [3.8, 4) is 0 Å². The Labute approximate surface area is 129 Å². The van der Waals surface area contributed by atoms with Crippen LogP contribution in [0.25, 0.3) is 0 Å². The number of likely N-dealkylation sites (N-methyl/N-ethyl adjacent to an activating group) is 1. The van der Waals surface area contributed by atoms with Gasteiger partial charge in [0.2, 0.25) is 0 Å². The SMILES string of the molecule is C[N+](C)(C)CCN1CCCc2ccc(N)cc21.Cl.[Cl-]. The van der Waals surface area contributed by atoms with E-state index in [0.29, 0.717) is 0 Å². The predicted molar refractivity (Wildman–Crippen MR) is 81.5 cm³/mol. The molecular weight excluding hydrogens is 281 g/mol. The average molecular weight is 306 g/mol. The van der Waals surface area contributed by atoms with Crippen molar-refractivity contribution >= 4 is 23.8 Å². The highest BCUT2D eigenvalue weighted by atomic mass is 35.5. The molecule has 0 spiro atoms. The Balaban J connectivity index is 0.00000162. The number of nitrogens with two attached hydrogens (primary N) is 1. The number of halogens is 2.